The van der Waals surface area contributed by atoms with Crippen molar-refractivity contribution in [3.63, 3.8) is 0 Å². The normalized spacial score (nSPS) is 39.2. The van der Waals surface area contributed by atoms with Crippen LogP contribution in [0.5, 0.6) is 0 Å². The lowest BCUT2D eigenvalue weighted by Crippen LogP contribution is -2.57. The molecule has 11 heteroatoms. The summed E-state index contributed by atoms with van der Waals surface area (Å²) in [5, 5.41) is 29.9. The third-order valence-corrected chi connectivity index (χ3v) is 6.50. The quantitative estimate of drug-likeness (QED) is 0.466. The Hall–Kier alpha value is -1.07. The number of aliphatic hydroxyl groups is 3. The SMILES string of the molecule is CCOC(=O)C1CCC(O)(C(F)(F)F)CC1C1CC(O)(C(F)(F)F)CCC1CO. The number of halogens is 6. The maximum Gasteiger partial charge on any atom is 0.417 e. The predicted molar refractivity (Wildman–Crippen MR) is 87.4 cm³/mol. The van der Waals surface area contributed by atoms with Gasteiger partial charge in [-0.25, -0.2) is 0 Å². The van der Waals surface area contributed by atoms with Crippen molar-refractivity contribution in [1.82, 2.24) is 0 Å². The number of alkyl halides is 6. The largest absolute Gasteiger partial charge is 0.466 e. The van der Waals surface area contributed by atoms with Crippen LogP contribution in [-0.4, -0.2) is 58.1 Å². The molecular weight excluding hydrogens is 410 g/mol. The molecule has 0 aromatic heterocycles. The summed E-state index contributed by atoms with van der Waals surface area (Å²) in [6.45, 7) is 0.822. The first-order valence-electron chi connectivity index (χ1n) is 9.55. The summed E-state index contributed by atoms with van der Waals surface area (Å²) in [6, 6.07) is 0. The molecule has 2 aliphatic rings. The molecule has 0 heterocycles. The molecule has 5 nitrogen and oxygen atoms in total. The highest BCUT2D eigenvalue weighted by Crippen LogP contribution is 2.55. The molecule has 170 valence electrons. The van der Waals surface area contributed by atoms with Crippen LogP contribution in [0.15, 0.2) is 0 Å². The molecule has 0 aromatic carbocycles. The minimum absolute atomic E-state index is 0.0633. The predicted octanol–water partition coefficient (Wildman–Crippen LogP) is 2.96. The average Bonchev–Trinajstić information content (AvgIpc) is 2.60. The fraction of sp³-hybridized carbons (Fsp3) is 0.944. The average molecular weight is 436 g/mol. The fourth-order valence-electron chi connectivity index (χ4n) is 4.77. The molecule has 29 heavy (non-hydrogen) atoms. The highest BCUT2D eigenvalue weighted by atomic mass is 19.4. The van der Waals surface area contributed by atoms with E-state index in [-0.39, 0.29) is 13.0 Å². The topological polar surface area (TPSA) is 87.0 Å². The molecule has 6 atom stereocenters. The second-order valence-electron chi connectivity index (χ2n) is 8.17. The van der Waals surface area contributed by atoms with Crippen LogP contribution in [0.1, 0.15) is 45.4 Å². The summed E-state index contributed by atoms with van der Waals surface area (Å²) >= 11 is 0. The number of aliphatic hydroxyl groups excluding tert-OH is 1. The van der Waals surface area contributed by atoms with E-state index < -0.39 is 91.9 Å². The van der Waals surface area contributed by atoms with Crippen LogP contribution in [0, 0.1) is 23.7 Å². The molecule has 0 amide bonds. The van der Waals surface area contributed by atoms with E-state index in [9.17, 15) is 46.5 Å². The molecule has 3 N–H and O–H groups in total. The first-order chi connectivity index (χ1) is 13.2. The van der Waals surface area contributed by atoms with Gasteiger partial charge in [-0.3, -0.25) is 4.79 Å². The molecule has 2 aliphatic carbocycles. The van der Waals surface area contributed by atoms with Crippen molar-refractivity contribution in [3.05, 3.63) is 0 Å². The van der Waals surface area contributed by atoms with Crippen molar-refractivity contribution in [2.24, 2.45) is 23.7 Å². The van der Waals surface area contributed by atoms with Crippen LogP contribution in [0.3, 0.4) is 0 Å². The van der Waals surface area contributed by atoms with Gasteiger partial charge in [-0.05, 0) is 63.2 Å². The summed E-state index contributed by atoms with van der Waals surface area (Å²) in [6.07, 6.45) is -14.2. The van der Waals surface area contributed by atoms with E-state index in [0.717, 1.165) is 0 Å². The van der Waals surface area contributed by atoms with Crippen LogP contribution >= 0.6 is 0 Å². The van der Waals surface area contributed by atoms with Gasteiger partial charge < -0.3 is 20.1 Å². The summed E-state index contributed by atoms with van der Waals surface area (Å²) in [5.74, 6) is -5.42. The number of rotatable bonds is 4. The second kappa shape index (κ2) is 8.22. The van der Waals surface area contributed by atoms with Crippen LogP contribution in [0.4, 0.5) is 26.3 Å². The number of hydrogen-bond donors (Lipinski definition) is 3. The van der Waals surface area contributed by atoms with Gasteiger partial charge in [-0.1, -0.05) is 0 Å². The van der Waals surface area contributed by atoms with Crippen molar-refractivity contribution < 1.29 is 51.2 Å². The van der Waals surface area contributed by atoms with Gasteiger partial charge >= 0.3 is 18.3 Å². The Bertz CT molecular complexity index is 594. The zero-order valence-corrected chi connectivity index (χ0v) is 15.9. The monoisotopic (exact) mass is 436 g/mol. The van der Waals surface area contributed by atoms with Crippen molar-refractivity contribution in [2.75, 3.05) is 13.2 Å². The maximum absolute atomic E-state index is 13.4. The van der Waals surface area contributed by atoms with Gasteiger partial charge in [-0.2, -0.15) is 26.3 Å². The molecule has 0 spiro atoms. The zero-order valence-electron chi connectivity index (χ0n) is 15.9. The van der Waals surface area contributed by atoms with Gasteiger partial charge in [0.15, 0.2) is 11.2 Å². The van der Waals surface area contributed by atoms with Crippen LogP contribution in [0.25, 0.3) is 0 Å². The van der Waals surface area contributed by atoms with Gasteiger partial charge in [0.1, 0.15) is 0 Å². The van der Waals surface area contributed by atoms with Gasteiger partial charge in [0.2, 0.25) is 0 Å². The van der Waals surface area contributed by atoms with E-state index in [1.54, 1.807) is 0 Å². The first-order valence-corrected chi connectivity index (χ1v) is 9.55. The van der Waals surface area contributed by atoms with E-state index >= 15 is 0 Å². The number of esters is 1. The molecule has 0 radical (unpaired) electrons. The van der Waals surface area contributed by atoms with Gasteiger partial charge in [0.25, 0.3) is 0 Å². The van der Waals surface area contributed by atoms with Crippen LogP contribution in [0.2, 0.25) is 0 Å². The molecule has 2 fully saturated rings. The first kappa shape index (κ1) is 24.2. The summed E-state index contributed by atoms with van der Waals surface area (Å²) < 4.78 is 85.3. The lowest BCUT2D eigenvalue weighted by Gasteiger charge is -2.50. The molecular formula is C18H26F6O5. The minimum atomic E-state index is -5.03. The Labute approximate surface area is 164 Å². The molecule has 0 aliphatic heterocycles. The highest BCUT2D eigenvalue weighted by Gasteiger charge is 2.63. The molecule has 0 aromatic rings. The van der Waals surface area contributed by atoms with Gasteiger partial charge in [0.05, 0.1) is 12.5 Å². The lowest BCUT2D eigenvalue weighted by atomic mass is 9.58. The molecule has 2 rings (SSSR count). The summed E-state index contributed by atoms with van der Waals surface area (Å²) in [7, 11) is 0. The smallest absolute Gasteiger partial charge is 0.417 e. The maximum atomic E-state index is 13.4. The van der Waals surface area contributed by atoms with Crippen molar-refractivity contribution in [1.29, 1.82) is 0 Å². The molecule has 2 saturated carbocycles. The summed E-state index contributed by atoms with van der Waals surface area (Å²) in [5.41, 5.74) is -6.29. The zero-order chi connectivity index (χ0) is 22.3. The molecule has 0 bridgehead atoms. The number of carbonyl (C=O) groups is 1. The van der Waals surface area contributed by atoms with Crippen molar-refractivity contribution in [3.8, 4) is 0 Å². The minimum Gasteiger partial charge on any atom is -0.466 e. The van der Waals surface area contributed by atoms with Crippen molar-refractivity contribution in [2.45, 2.75) is 69.0 Å². The van der Waals surface area contributed by atoms with Crippen molar-refractivity contribution >= 4 is 5.97 Å². The summed E-state index contributed by atoms with van der Waals surface area (Å²) in [4.78, 5) is 12.3. The van der Waals surface area contributed by atoms with Crippen LogP contribution < -0.4 is 0 Å². The number of ether oxygens (including phenoxy) is 1. The third kappa shape index (κ3) is 4.66. The number of hydrogen-bond acceptors (Lipinski definition) is 5. The Kier molecular flexibility index (Phi) is 6.86. The van der Waals surface area contributed by atoms with E-state index in [2.05, 4.69) is 0 Å². The molecule has 6 unspecified atom stereocenters. The van der Waals surface area contributed by atoms with Gasteiger partial charge in [0, 0.05) is 6.61 Å². The van der Waals surface area contributed by atoms with E-state index in [1.165, 1.54) is 6.92 Å². The number of carbonyl (C=O) groups excluding carboxylic acids is 1. The second-order valence-corrected chi connectivity index (χ2v) is 8.17. The Morgan fingerprint density at radius 2 is 1.45 bits per heavy atom. The third-order valence-electron chi connectivity index (χ3n) is 6.50. The van der Waals surface area contributed by atoms with Crippen LogP contribution in [-0.2, 0) is 9.53 Å². The fourth-order valence-corrected chi connectivity index (χ4v) is 4.77. The molecule has 0 saturated heterocycles. The highest BCUT2D eigenvalue weighted by molar-refractivity contribution is 5.73. The lowest BCUT2D eigenvalue weighted by molar-refractivity contribution is -0.293. The van der Waals surface area contributed by atoms with E-state index in [0.29, 0.717) is 0 Å². The van der Waals surface area contributed by atoms with E-state index in [1.807, 2.05) is 0 Å². The standard InChI is InChI=1S/C18H26F6O5/c1-2-29-14(26)11-4-6-16(28,18(22,23)24)8-13(11)12-7-15(27,17(19,20)21)5-3-10(12)9-25/h10-13,25,27-28H,2-9H2,1H3. The van der Waals surface area contributed by atoms with Gasteiger partial charge in [-0.15, -0.1) is 0 Å². The van der Waals surface area contributed by atoms with E-state index in [4.69, 9.17) is 4.74 Å². The Morgan fingerprint density at radius 3 is 1.90 bits per heavy atom. The Balaban J connectivity index is 2.43. The Morgan fingerprint density at radius 1 is 0.966 bits per heavy atom.